The highest BCUT2D eigenvalue weighted by molar-refractivity contribution is 5.68. The largest absolute Gasteiger partial charge is 0.444 e. The molecule has 4 heteroatoms. The molecule has 0 bridgehead atoms. The van der Waals surface area contributed by atoms with Crippen molar-refractivity contribution in [3.8, 4) is 0 Å². The summed E-state index contributed by atoms with van der Waals surface area (Å²) in [4.78, 5) is 11.6. The molecule has 2 rings (SSSR count). The van der Waals surface area contributed by atoms with E-state index >= 15 is 0 Å². The Morgan fingerprint density at radius 1 is 1.19 bits per heavy atom. The van der Waals surface area contributed by atoms with Crippen molar-refractivity contribution in [2.45, 2.75) is 64.6 Å². The third-order valence-electron chi connectivity index (χ3n) is 3.59. The minimum atomic E-state index is -0.438. The van der Waals surface area contributed by atoms with Crippen LogP contribution in [0.15, 0.2) is 24.3 Å². The number of aryl methyl sites for hydroxylation is 1. The highest BCUT2D eigenvalue weighted by atomic mass is 16.6. The van der Waals surface area contributed by atoms with Crippen LogP contribution >= 0.6 is 0 Å². The summed E-state index contributed by atoms with van der Waals surface area (Å²) in [5.41, 5.74) is 2.05. The monoisotopic (exact) mass is 290 g/mol. The molecule has 1 amide bonds. The molecule has 0 aliphatic heterocycles. The number of benzene rings is 1. The number of rotatable bonds is 4. The molecular weight excluding hydrogens is 264 g/mol. The van der Waals surface area contributed by atoms with Gasteiger partial charge in [-0.3, -0.25) is 0 Å². The molecular formula is C17H26N2O2. The van der Waals surface area contributed by atoms with E-state index in [2.05, 4.69) is 41.8 Å². The molecule has 1 saturated carbocycles. The van der Waals surface area contributed by atoms with Crippen molar-refractivity contribution in [3.63, 3.8) is 0 Å². The number of alkyl carbamates (subject to hydrolysis) is 1. The van der Waals surface area contributed by atoms with Crippen molar-refractivity contribution in [2.75, 3.05) is 5.32 Å². The van der Waals surface area contributed by atoms with Crippen LogP contribution in [-0.2, 0) is 11.2 Å². The summed E-state index contributed by atoms with van der Waals surface area (Å²) in [7, 11) is 0. The van der Waals surface area contributed by atoms with Gasteiger partial charge in [-0.15, -0.1) is 0 Å². The summed E-state index contributed by atoms with van der Waals surface area (Å²) in [6.07, 6.45) is 2.62. The first kappa shape index (κ1) is 15.7. The number of carbonyl (C=O) groups is 1. The fourth-order valence-electron chi connectivity index (χ4n) is 2.40. The second kappa shape index (κ2) is 6.37. The van der Waals surface area contributed by atoms with Gasteiger partial charge in [0.25, 0.3) is 0 Å². The lowest BCUT2D eigenvalue weighted by Crippen LogP contribution is -2.50. The van der Waals surface area contributed by atoms with Crippen molar-refractivity contribution in [1.29, 1.82) is 0 Å². The molecule has 1 aliphatic carbocycles. The Morgan fingerprint density at radius 3 is 2.33 bits per heavy atom. The summed E-state index contributed by atoms with van der Waals surface area (Å²) < 4.78 is 5.25. The maximum Gasteiger partial charge on any atom is 0.407 e. The van der Waals surface area contributed by atoms with Gasteiger partial charge in [-0.25, -0.2) is 4.79 Å². The number of ether oxygens (including phenoxy) is 1. The first-order valence-electron chi connectivity index (χ1n) is 7.70. The quantitative estimate of drug-likeness (QED) is 0.888. The van der Waals surface area contributed by atoms with Crippen LogP contribution in [0.5, 0.6) is 0 Å². The van der Waals surface area contributed by atoms with Crippen LogP contribution in [0.25, 0.3) is 0 Å². The third kappa shape index (κ3) is 4.96. The van der Waals surface area contributed by atoms with E-state index in [-0.39, 0.29) is 12.1 Å². The minimum absolute atomic E-state index is 0.215. The van der Waals surface area contributed by atoms with Gasteiger partial charge in [-0.1, -0.05) is 19.1 Å². The zero-order valence-electron chi connectivity index (χ0n) is 13.4. The standard InChI is InChI=1S/C17H26N2O2/c1-5-12-6-8-13(9-7-12)18-14-10-15(11-14)19-16(20)21-17(2,3)4/h6-9,14-15,18H,5,10-11H2,1-4H3,(H,19,20). The summed E-state index contributed by atoms with van der Waals surface area (Å²) in [6.45, 7) is 7.77. The number of amides is 1. The molecule has 2 N–H and O–H groups in total. The lowest BCUT2D eigenvalue weighted by atomic mass is 9.86. The van der Waals surface area contributed by atoms with Gasteiger partial charge in [0.15, 0.2) is 0 Å². The SMILES string of the molecule is CCc1ccc(NC2CC(NC(=O)OC(C)(C)C)C2)cc1. The van der Waals surface area contributed by atoms with Crippen molar-refractivity contribution in [3.05, 3.63) is 29.8 Å². The minimum Gasteiger partial charge on any atom is -0.444 e. The maximum atomic E-state index is 11.6. The molecule has 1 fully saturated rings. The molecule has 1 aromatic rings. The van der Waals surface area contributed by atoms with E-state index in [0.717, 1.165) is 24.9 Å². The number of carbonyl (C=O) groups excluding carboxylic acids is 1. The van der Waals surface area contributed by atoms with Crippen LogP contribution in [0.3, 0.4) is 0 Å². The number of nitrogens with one attached hydrogen (secondary N) is 2. The summed E-state index contributed by atoms with van der Waals surface area (Å²) in [6, 6.07) is 9.18. The Kier molecular flexibility index (Phi) is 4.76. The smallest absolute Gasteiger partial charge is 0.407 e. The Morgan fingerprint density at radius 2 is 1.81 bits per heavy atom. The van der Waals surface area contributed by atoms with Gasteiger partial charge >= 0.3 is 6.09 Å². The summed E-state index contributed by atoms with van der Waals surface area (Å²) in [5, 5.41) is 6.39. The molecule has 0 atom stereocenters. The van der Waals surface area contributed by atoms with Crippen LogP contribution in [-0.4, -0.2) is 23.8 Å². The Balaban J connectivity index is 1.70. The normalized spacial score (nSPS) is 21.3. The molecule has 0 saturated heterocycles. The van der Waals surface area contributed by atoms with E-state index in [1.54, 1.807) is 0 Å². The lowest BCUT2D eigenvalue weighted by molar-refractivity contribution is 0.0475. The lowest BCUT2D eigenvalue weighted by Gasteiger charge is -2.37. The summed E-state index contributed by atoms with van der Waals surface area (Å²) in [5.74, 6) is 0. The van der Waals surface area contributed by atoms with Crippen LogP contribution in [0.2, 0.25) is 0 Å². The molecule has 0 heterocycles. The van der Waals surface area contributed by atoms with Crippen LogP contribution < -0.4 is 10.6 Å². The zero-order chi connectivity index (χ0) is 15.5. The fraction of sp³-hybridized carbons (Fsp3) is 0.588. The van der Waals surface area contributed by atoms with Gasteiger partial charge in [0, 0.05) is 17.8 Å². The van der Waals surface area contributed by atoms with Gasteiger partial charge in [-0.05, 0) is 57.7 Å². The molecule has 0 aromatic heterocycles. The van der Waals surface area contributed by atoms with Crippen molar-refractivity contribution in [1.82, 2.24) is 5.32 Å². The molecule has 0 spiro atoms. The second-order valence-electron chi connectivity index (χ2n) is 6.71. The van der Waals surface area contributed by atoms with Crippen molar-refractivity contribution >= 4 is 11.8 Å². The van der Waals surface area contributed by atoms with Crippen LogP contribution in [0.1, 0.15) is 46.1 Å². The highest BCUT2D eigenvalue weighted by Gasteiger charge is 2.31. The summed E-state index contributed by atoms with van der Waals surface area (Å²) >= 11 is 0. The van der Waals surface area contributed by atoms with E-state index in [9.17, 15) is 4.79 Å². The van der Waals surface area contributed by atoms with E-state index in [0.29, 0.717) is 6.04 Å². The van der Waals surface area contributed by atoms with E-state index in [1.807, 2.05) is 20.8 Å². The third-order valence-corrected chi connectivity index (χ3v) is 3.59. The first-order valence-corrected chi connectivity index (χ1v) is 7.70. The van der Waals surface area contributed by atoms with E-state index in [4.69, 9.17) is 4.74 Å². The molecule has 0 unspecified atom stereocenters. The van der Waals surface area contributed by atoms with Gasteiger partial charge < -0.3 is 15.4 Å². The molecule has 4 nitrogen and oxygen atoms in total. The molecule has 1 aliphatic rings. The average Bonchev–Trinajstić information content (AvgIpc) is 2.35. The molecule has 116 valence electrons. The molecule has 21 heavy (non-hydrogen) atoms. The van der Waals surface area contributed by atoms with Crippen molar-refractivity contribution in [2.24, 2.45) is 0 Å². The number of hydrogen-bond donors (Lipinski definition) is 2. The van der Waals surface area contributed by atoms with Gasteiger partial charge in [0.1, 0.15) is 5.60 Å². The Bertz CT molecular complexity index is 471. The molecule has 1 aromatic carbocycles. The van der Waals surface area contributed by atoms with Gasteiger partial charge in [0.05, 0.1) is 0 Å². The highest BCUT2D eigenvalue weighted by Crippen LogP contribution is 2.25. The van der Waals surface area contributed by atoms with Crippen LogP contribution in [0.4, 0.5) is 10.5 Å². The van der Waals surface area contributed by atoms with Gasteiger partial charge in [0.2, 0.25) is 0 Å². The first-order chi connectivity index (χ1) is 9.85. The topological polar surface area (TPSA) is 50.4 Å². The number of anilines is 1. The zero-order valence-corrected chi connectivity index (χ0v) is 13.4. The predicted octanol–water partition coefficient (Wildman–Crippen LogP) is 3.72. The number of hydrogen-bond acceptors (Lipinski definition) is 3. The average molecular weight is 290 g/mol. The predicted molar refractivity (Wildman–Crippen MR) is 85.6 cm³/mol. The van der Waals surface area contributed by atoms with Crippen LogP contribution in [0, 0.1) is 0 Å². The van der Waals surface area contributed by atoms with E-state index in [1.165, 1.54) is 5.56 Å². The second-order valence-corrected chi connectivity index (χ2v) is 6.71. The van der Waals surface area contributed by atoms with Gasteiger partial charge in [-0.2, -0.15) is 0 Å². The van der Waals surface area contributed by atoms with Crippen molar-refractivity contribution < 1.29 is 9.53 Å². The Labute approximate surface area is 127 Å². The fourth-order valence-corrected chi connectivity index (χ4v) is 2.40. The van der Waals surface area contributed by atoms with E-state index < -0.39 is 5.60 Å². The Hall–Kier alpha value is -1.71. The molecule has 0 radical (unpaired) electrons. The maximum absolute atomic E-state index is 11.6.